The molecule has 0 aliphatic carbocycles. The molecule has 0 aliphatic heterocycles. The van der Waals surface area contributed by atoms with Crippen molar-refractivity contribution >= 4 is 11.9 Å². The molecule has 0 spiro atoms. The Kier molecular flexibility index (Phi) is 3.39. The van der Waals surface area contributed by atoms with Crippen molar-refractivity contribution in [2.24, 2.45) is 5.14 Å². The van der Waals surface area contributed by atoms with Crippen LogP contribution in [0.5, 0.6) is 0 Å². The molecule has 0 saturated carbocycles. The Balaban J connectivity index is 3.58. The molecule has 0 heterocycles. The summed E-state index contributed by atoms with van der Waals surface area (Å²) in [6, 6.07) is 0. The van der Waals surface area contributed by atoms with Crippen LogP contribution in [0.2, 0.25) is 0 Å². The number of methoxy groups -OCH3 is 2. The van der Waals surface area contributed by atoms with Crippen LogP contribution in [0.25, 0.3) is 0 Å². The summed E-state index contributed by atoms with van der Waals surface area (Å²) in [5, 5.41) is 4.51. The minimum Gasteiger partial charge on any atom is -0.344 e. The molecule has 0 unspecified atom stereocenters. The number of hydrogen-bond acceptors (Lipinski definition) is 4. The lowest BCUT2D eigenvalue weighted by molar-refractivity contribution is -0.119. The van der Waals surface area contributed by atoms with Gasteiger partial charge in [-0.3, -0.25) is 5.14 Å². The minimum absolute atomic E-state index is 0.681. The Hall–Kier alpha value is 0.230. The van der Waals surface area contributed by atoms with Gasteiger partial charge >= 0.3 is 0 Å². The van der Waals surface area contributed by atoms with Crippen LogP contribution < -0.4 is 5.14 Å². The second-order valence-electron chi connectivity index (χ2n) is 1.39. The van der Waals surface area contributed by atoms with E-state index in [1.807, 2.05) is 0 Å². The van der Waals surface area contributed by atoms with Gasteiger partial charge in [0.2, 0.25) is 5.12 Å². The molecular formula is C4H11NO2S. The van der Waals surface area contributed by atoms with Gasteiger partial charge in [0, 0.05) is 21.1 Å². The maximum atomic E-state index is 5.19. The first-order valence-corrected chi connectivity index (χ1v) is 3.04. The van der Waals surface area contributed by atoms with Gasteiger partial charge in [0.15, 0.2) is 0 Å². The Morgan fingerprint density at radius 3 is 1.75 bits per heavy atom. The average molecular weight is 137 g/mol. The second kappa shape index (κ2) is 3.29. The molecule has 2 N–H and O–H groups in total. The molecule has 0 atom stereocenters. The zero-order chi connectivity index (χ0) is 6.62. The van der Waals surface area contributed by atoms with E-state index in [0.29, 0.717) is 0 Å². The fourth-order valence-corrected chi connectivity index (χ4v) is 0.372. The molecule has 0 aromatic rings. The highest BCUT2D eigenvalue weighted by atomic mass is 32.2. The summed E-state index contributed by atoms with van der Waals surface area (Å²) in [7, 11) is 3.09. The van der Waals surface area contributed by atoms with Gasteiger partial charge in [-0.2, -0.15) is 0 Å². The zero-order valence-electron chi connectivity index (χ0n) is 5.30. The summed E-state index contributed by atoms with van der Waals surface area (Å²) in [4.78, 5) is 0. The predicted molar refractivity (Wildman–Crippen MR) is 34.2 cm³/mol. The van der Waals surface area contributed by atoms with Crippen molar-refractivity contribution in [3.05, 3.63) is 0 Å². The third kappa shape index (κ3) is 2.00. The third-order valence-electron chi connectivity index (χ3n) is 0.956. The van der Waals surface area contributed by atoms with Gasteiger partial charge in [0.1, 0.15) is 0 Å². The first-order valence-electron chi connectivity index (χ1n) is 2.16. The molecule has 0 aliphatic rings. The molecule has 0 saturated heterocycles. The van der Waals surface area contributed by atoms with E-state index in [2.05, 4.69) is 0 Å². The van der Waals surface area contributed by atoms with E-state index >= 15 is 0 Å². The van der Waals surface area contributed by atoms with E-state index in [9.17, 15) is 0 Å². The zero-order valence-corrected chi connectivity index (χ0v) is 6.12. The monoisotopic (exact) mass is 137 g/mol. The lowest BCUT2D eigenvalue weighted by atomic mass is 10.7. The number of hydrogen-bond donors (Lipinski definition) is 1. The lowest BCUT2D eigenvalue weighted by Crippen LogP contribution is -2.26. The predicted octanol–water partition coefficient (Wildman–Crippen LogP) is 0.560. The minimum atomic E-state index is -0.681. The Bertz CT molecular complexity index is 56.8. The smallest absolute Gasteiger partial charge is 0.228 e. The van der Waals surface area contributed by atoms with Gasteiger partial charge in [-0.15, -0.1) is 0 Å². The second-order valence-corrected chi connectivity index (χ2v) is 2.37. The standard InChI is InChI=1S/C4H11NO2S/c1-4(6-2,7-3)8-5/h5H2,1-3H3. The molecule has 0 bridgehead atoms. The van der Waals surface area contributed by atoms with Crippen LogP contribution in [0.1, 0.15) is 6.92 Å². The van der Waals surface area contributed by atoms with Crippen LogP contribution >= 0.6 is 11.9 Å². The Labute approximate surface area is 53.7 Å². The molecular weight excluding hydrogens is 126 g/mol. The van der Waals surface area contributed by atoms with Crippen LogP contribution in [0.4, 0.5) is 0 Å². The highest BCUT2D eigenvalue weighted by molar-refractivity contribution is 7.98. The van der Waals surface area contributed by atoms with Crippen molar-refractivity contribution in [3.8, 4) is 0 Å². The first-order chi connectivity index (χ1) is 3.68. The molecule has 8 heavy (non-hydrogen) atoms. The highest BCUT2D eigenvalue weighted by Crippen LogP contribution is 2.19. The lowest BCUT2D eigenvalue weighted by Gasteiger charge is -2.22. The van der Waals surface area contributed by atoms with Crippen LogP contribution in [-0.4, -0.2) is 19.3 Å². The summed E-state index contributed by atoms with van der Waals surface area (Å²) in [6.45, 7) is 1.75. The topological polar surface area (TPSA) is 44.5 Å². The van der Waals surface area contributed by atoms with Crippen molar-refractivity contribution in [1.82, 2.24) is 0 Å². The van der Waals surface area contributed by atoms with Crippen LogP contribution in [0.15, 0.2) is 0 Å². The molecule has 50 valence electrons. The van der Waals surface area contributed by atoms with E-state index in [-0.39, 0.29) is 0 Å². The SMILES string of the molecule is COC(C)(OC)SN. The maximum absolute atomic E-state index is 5.19. The normalized spacial score (nSPS) is 12.0. The molecule has 4 heteroatoms. The number of rotatable bonds is 3. The van der Waals surface area contributed by atoms with Crippen molar-refractivity contribution in [3.63, 3.8) is 0 Å². The maximum Gasteiger partial charge on any atom is 0.228 e. The van der Waals surface area contributed by atoms with Gasteiger partial charge in [-0.25, -0.2) is 0 Å². The fourth-order valence-electron chi connectivity index (χ4n) is 0.180. The van der Waals surface area contributed by atoms with E-state index in [4.69, 9.17) is 14.6 Å². The summed E-state index contributed by atoms with van der Waals surface area (Å²) in [5.74, 6) is 0. The summed E-state index contributed by atoms with van der Waals surface area (Å²) in [5.41, 5.74) is 0. The quantitative estimate of drug-likeness (QED) is 0.456. The van der Waals surface area contributed by atoms with E-state index in [1.54, 1.807) is 21.1 Å². The van der Waals surface area contributed by atoms with E-state index in [1.165, 1.54) is 0 Å². The van der Waals surface area contributed by atoms with Gasteiger partial charge in [-0.05, 0) is 11.9 Å². The molecule has 0 radical (unpaired) electrons. The molecule has 0 aromatic carbocycles. The van der Waals surface area contributed by atoms with Crippen molar-refractivity contribution in [1.29, 1.82) is 0 Å². The summed E-state index contributed by atoms with van der Waals surface area (Å²) < 4.78 is 9.70. The summed E-state index contributed by atoms with van der Waals surface area (Å²) >= 11 is 1.03. The Morgan fingerprint density at radius 1 is 1.38 bits per heavy atom. The number of ether oxygens (including phenoxy) is 2. The van der Waals surface area contributed by atoms with Gasteiger partial charge in [0.25, 0.3) is 0 Å². The Morgan fingerprint density at radius 2 is 1.75 bits per heavy atom. The number of nitrogens with two attached hydrogens (primary N) is 1. The molecule has 0 amide bonds. The van der Waals surface area contributed by atoms with Gasteiger partial charge in [0.05, 0.1) is 0 Å². The van der Waals surface area contributed by atoms with Crippen LogP contribution in [-0.2, 0) is 9.47 Å². The van der Waals surface area contributed by atoms with Gasteiger partial charge < -0.3 is 9.47 Å². The van der Waals surface area contributed by atoms with Crippen molar-refractivity contribution in [2.45, 2.75) is 12.0 Å². The molecule has 0 aromatic heterocycles. The van der Waals surface area contributed by atoms with Crippen LogP contribution in [0.3, 0.4) is 0 Å². The third-order valence-corrected chi connectivity index (χ3v) is 1.72. The van der Waals surface area contributed by atoms with E-state index in [0.717, 1.165) is 11.9 Å². The summed E-state index contributed by atoms with van der Waals surface area (Å²) in [6.07, 6.45) is 0. The largest absolute Gasteiger partial charge is 0.344 e. The van der Waals surface area contributed by atoms with Crippen molar-refractivity contribution in [2.75, 3.05) is 14.2 Å². The van der Waals surface area contributed by atoms with Crippen LogP contribution in [0, 0.1) is 0 Å². The molecule has 0 fully saturated rings. The first kappa shape index (κ1) is 8.23. The average Bonchev–Trinajstić information content (AvgIpc) is 1.87. The molecule has 3 nitrogen and oxygen atoms in total. The molecule has 0 rings (SSSR count). The van der Waals surface area contributed by atoms with E-state index < -0.39 is 5.12 Å². The van der Waals surface area contributed by atoms with Gasteiger partial charge in [-0.1, -0.05) is 0 Å². The highest BCUT2D eigenvalue weighted by Gasteiger charge is 2.20. The fraction of sp³-hybridized carbons (Fsp3) is 1.00. The van der Waals surface area contributed by atoms with Crippen molar-refractivity contribution < 1.29 is 9.47 Å².